The Hall–Kier alpha value is -0.560. The van der Waals surface area contributed by atoms with Crippen LogP contribution in [-0.2, 0) is 0 Å². The van der Waals surface area contributed by atoms with Crippen LogP contribution in [0.25, 0.3) is 0 Å². The minimum Gasteiger partial charge on any atom is -0.330 e. The van der Waals surface area contributed by atoms with Crippen molar-refractivity contribution in [2.75, 3.05) is 6.54 Å². The minimum absolute atomic E-state index is 0.749. The molecule has 0 atom stereocenters. The topological polar surface area (TPSA) is 26.0 Å². The van der Waals surface area contributed by atoms with E-state index in [1.54, 1.807) is 0 Å². The summed E-state index contributed by atoms with van der Waals surface area (Å²) in [4.78, 5) is 0. The van der Waals surface area contributed by atoms with Gasteiger partial charge in [-0.1, -0.05) is 23.3 Å². The second kappa shape index (κ2) is 5.24. The summed E-state index contributed by atoms with van der Waals surface area (Å²) in [6, 6.07) is 0. The van der Waals surface area contributed by atoms with Crippen molar-refractivity contribution in [3.05, 3.63) is 23.3 Å². The quantitative estimate of drug-likeness (QED) is 0.596. The predicted octanol–water partition coefficient (Wildman–Crippen LogP) is 2.25. The molecular formula is C9H17N. The van der Waals surface area contributed by atoms with E-state index in [2.05, 4.69) is 32.9 Å². The largest absolute Gasteiger partial charge is 0.330 e. The van der Waals surface area contributed by atoms with Gasteiger partial charge in [0.2, 0.25) is 0 Å². The minimum atomic E-state index is 0.749. The maximum absolute atomic E-state index is 5.37. The van der Waals surface area contributed by atoms with E-state index < -0.39 is 0 Å². The van der Waals surface area contributed by atoms with E-state index in [0.717, 1.165) is 13.0 Å². The summed E-state index contributed by atoms with van der Waals surface area (Å²) < 4.78 is 0. The molecule has 0 bridgehead atoms. The second-order valence-corrected chi connectivity index (χ2v) is 2.80. The van der Waals surface area contributed by atoms with Crippen LogP contribution in [0.2, 0.25) is 0 Å². The highest BCUT2D eigenvalue weighted by Crippen LogP contribution is 1.99. The Bertz CT molecular complexity index is 139. The van der Waals surface area contributed by atoms with Gasteiger partial charge in [-0.05, 0) is 33.7 Å². The van der Waals surface area contributed by atoms with Crippen LogP contribution in [0.3, 0.4) is 0 Å². The zero-order valence-electron chi connectivity index (χ0n) is 7.15. The molecular weight excluding hydrogens is 122 g/mol. The van der Waals surface area contributed by atoms with Gasteiger partial charge in [-0.2, -0.15) is 0 Å². The summed E-state index contributed by atoms with van der Waals surface area (Å²) in [5.74, 6) is 0. The SMILES string of the molecule is CC(C)=C/C=C(/C)CCN. The van der Waals surface area contributed by atoms with Gasteiger partial charge in [0.25, 0.3) is 0 Å². The summed E-state index contributed by atoms with van der Waals surface area (Å²) in [6.45, 7) is 7.03. The summed E-state index contributed by atoms with van der Waals surface area (Å²) in [7, 11) is 0. The van der Waals surface area contributed by atoms with Crippen molar-refractivity contribution in [3.8, 4) is 0 Å². The molecule has 0 saturated carbocycles. The molecule has 0 aromatic rings. The number of nitrogens with two attached hydrogens (primary N) is 1. The molecule has 2 N–H and O–H groups in total. The number of hydrogen-bond acceptors (Lipinski definition) is 1. The summed E-state index contributed by atoms with van der Waals surface area (Å²) in [6.07, 6.45) is 5.25. The Morgan fingerprint density at radius 2 is 1.80 bits per heavy atom. The molecule has 58 valence electrons. The molecule has 0 aliphatic carbocycles. The number of hydrogen-bond donors (Lipinski definition) is 1. The standard InChI is InChI=1S/C9H17N/c1-8(2)4-5-9(3)6-7-10/h4-5H,6-7,10H2,1-3H3/b9-5-. The lowest BCUT2D eigenvalue weighted by Gasteiger charge is -1.93. The van der Waals surface area contributed by atoms with Crippen molar-refractivity contribution in [2.24, 2.45) is 5.73 Å². The van der Waals surface area contributed by atoms with Crippen LogP contribution in [0.4, 0.5) is 0 Å². The third-order valence-electron chi connectivity index (χ3n) is 1.24. The molecule has 0 aromatic heterocycles. The average Bonchev–Trinajstić information content (AvgIpc) is 1.85. The van der Waals surface area contributed by atoms with Gasteiger partial charge >= 0.3 is 0 Å². The van der Waals surface area contributed by atoms with Crippen LogP contribution >= 0.6 is 0 Å². The van der Waals surface area contributed by atoms with Crippen molar-refractivity contribution < 1.29 is 0 Å². The number of rotatable bonds is 3. The molecule has 1 heteroatoms. The van der Waals surface area contributed by atoms with Crippen LogP contribution in [-0.4, -0.2) is 6.54 Å². The smallest absolute Gasteiger partial charge is 0.00399 e. The lowest BCUT2D eigenvalue weighted by molar-refractivity contribution is 0.950. The van der Waals surface area contributed by atoms with Gasteiger partial charge in [-0.15, -0.1) is 0 Å². The molecule has 10 heavy (non-hydrogen) atoms. The van der Waals surface area contributed by atoms with Crippen molar-refractivity contribution >= 4 is 0 Å². The van der Waals surface area contributed by atoms with Gasteiger partial charge in [-0.3, -0.25) is 0 Å². The van der Waals surface area contributed by atoms with Crippen LogP contribution in [0.5, 0.6) is 0 Å². The van der Waals surface area contributed by atoms with E-state index in [-0.39, 0.29) is 0 Å². The van der Waals surface area contributed by atoms with Gasteiger partial charge in [0, 0.05) is 0 Å². The van der Waals surface area contributed by atoms with Crippen molar-refractivity contribution in [2.45, 2.75) is 27.2 Å². The van der Waals surface area contributed by atoms with Crippen molar-refractivity contribution in [1.82, 2.24) is 0 Å². The first-order valence-electron chi connectivity index (χ1n) is 3.67. The molecule has 0 heterocycles. The van der Waals surface area contributed by atoms with Crippen molar-refractivity contribution in [1.29, 1.82) is 0 Å². The average molecular weight is 139 g/mol. The Morgan fingerprint density at radius 3 is 2.20 bits per heavy atom. The van der Waals surface area contributed by atoms with E-state index in [1.807, 2.05) is 0 Å². The molecule has 0 unspecified atom stereocenters. The first kappa shape index (κ1) is 9.44. The maximum Gasteiger partial charge on any atom is -0.00399 e. The van der Waals surface area contributed by atoms with E-state index in [0.29, 0.717) is 0 Å². The molecule has 0 spiro atoms. The van der Waals surface area contributed by atoms with Gasteiger partial charge in [0.1, 0.15) is 0 Å². The Morgan fingerprint density at radius 1 is 1.20 bits per heavy atom. The normalized spacial score (nSPS) is 11.4. The van der Waals surface area contributed by atoms with E-state index in [1.165, 1.54) is 11.1 Å². The predicted molar refractivity (Wildman–Crippen MR) is 46.9 cm³/mol. The van der Waals surface area contributed by atoms with Gasteiger partial charge in [0.15, 0.2) is 0 Å². The van der Waals surface area contributed by atoms with Gasteiger partial charge in [-0.25, -0.2) is 0 Å². The van der Waals surface area contributed by atoms with Gasteiger partial charge in [0.05, 0.1) is 0 Å². The summed E-state index contributed by atoms with van der Waals surface area (Å²) >= 11 is 0. The Kier molecular flexibility index (Phi) is 4.95. The zero-order valence-corrected chi connectivity index (χ0v) is 7.15. The molecule has 0 fully saturated rings. The molecule has 0 rings (SSSR count). The molecule has 0 amide bonds. The molecule has 0 aromatic carbocycles. The summed E-state index contributed by atoms with van der Waals surface area (Å²) in [5.41, 5.74) is 8.05. The van der Waals surface area contributed by atoms with Crippen LogP contribution in [0.15, 0.2) is 23.3 Å². The molecule has 0 radical (unpaired) electrons. The van der Waals surface area contributed by atoms with E-state index in [9.17, 15) is 0 Å². The van der Waals surface area contributed by atoms with Crippen molar-refractivity contribution in [3.63, 3.8) is 0 Å². The van der Waals surface area contributed by atoms with Gasteiger partial charge < -0.3 is 5.73 Å². The third-order valence-corrected chi connectivity index (χ3v) is 1.24. The molecule has 0 saturated heterocycles. The molecule has 0 aliphatic heterocycles. The fourth-order valence-corrected chi connectivity index (χ4v) is 0.620. The maximum atomic E-state index is 5.37. The Labute approximate surface area is 63.6 Å². The molecule has 1 nitrogen and oxygen atoms in total. The van der Waals surface area contributed by atoms with E-state index in [4.69, 9.17) is 5.73 Å². The monoisotopic (exact) mass is 139 g/mol. The first-order valence-corrected chi connectivity index (χ1v) is 3.67. The van der Waals surface area contributed by atoms with Crippen LogP contribution < -0.4 is 5.73 Å². The Balaban J connectivity index is 3.79. The fourth-order valence-electron chi connectivity index (χ4n) is 0.620. The van der Waals surface area contributed by atoms with E-state index >= 15 is 0 Å². The lowest BCUT2D eigenvalue weighted by atomic mass is 10.2. The van der Waals surface area contributed by atoms with Crippen LogP contribution in [0.1, 0.15) is 27.2 Å². The number of allylic oxidation sites excluding steroid dienone is 3. The summed E-state index contributed by atoms with van der Waals surface area (Å²) in [5, 5.41) is 0. The second-order valence-electron chi connectivity index (χ2n) is 2.80. The third kappa shape index (κ3) is 5.57. The fraction of sp³-hybridized carbons (Fsp3) is 0.556. The highest BCUT2D eigenvalue weighted by atomic mass is 14.5. The van der Waals surface area contributed by atoms with Crippen LogP contribution in [0, 0.1) is 0 Å². The zero-order chi connectivity index (χ0) is 7.98. The lowest BCUT2D eigenvalue weighted by Crippen LogP contribution is -1.98. The first-order chi connectivity index (χ1) is 4.66. The highest BCUT2D eigenvalue weighted by Gasteiger charge is 1.83. The molecule has 0 aliphatic rings. The highest BCUT2D eigenvalue weighted by molar-refractivity contribution is 5.13.